The van der Waals surface area contributed by atoms with Crippen LogP contribution in [0.25, 0.3) is 0 Å². The van der Waals surface area contributed by atoms with Crippen molar-refractivity contribution < 1.29 is 9.84 Å². The first-order valence-corrected chi connectivity index (χ1v) is 6.61. The fraction of sp³-hybridized carbons (Fsp3) is 0.600. The minimum Gasteiger partial charge on any atom is -0.394 e. The average molecular weight is 251 g/mol. The van der Waals surface area contributed by atoms with Gasteiger partial charge in [0.25, 0.3) is 0 Å². The Morgan fingerprint density at radius 1 is 1.11 bits per heavy atom. The standard InChI is InChI=1S/C15H25NO2/c1-12-9-13(2)15(14(3)10-12)11-16-5-4-7-18-8-6-17/h9-10,16-17H,4-8,11H2,1-3H3. The Hall–Kier alpha value is -0.900. The van der Waals surface area contributed by atoms with Crippen molar-refractivity contribution in [3.05, 3.63) is 34.4 Å². The summed E-state index contributed by atoms with van der Waals surface area (Å²) in [7, 11) is 0. The first-order chi connectivity index (χ1) is 8.65. The Morgan fingerprint density at radius 2 is 1.78 bits per heavy atom. The van der Waals surface area contributed by atoms with Crippen molar-refractivity contribution in [3.8, 4) is 0 Å². The van der Waals surface area contributed by atoms with Gasteiger partial charge in [-0.2, -0.15) is 0 Å². The van der Waals surface area contributed by atoms with Crippen molar-refractivity contribution in [1.29, 1.82) is 0 Å². The maximum atomic E-state index is 8.56. The molecule has 0 fully saturated rings. The second-order valence-corrected chi connectivity index (χ2v) is 4.74. The van der Waals surface area contributed by atoms with Crippen molar-refractivity contribution in [2.45, 2.75) is 33.7 Å². The molecule has 0 saturated carbocycles. The van der Waals surface area contributed by atoms with E-state index in [1.807, 2.05) is 0 Å². The predicted octanol–water partition coefficient (Wildman–Crippen LogP) is 2.10. The zero-order valence-electron chi connectivity index (χ0n) is 11.8. The molecule has 1 rings (SSSR count). The first kappa shape index (κ1) is 15.2. The lowest BCUT2D eigenvalue weighted by molar-refractivity contribution is 0.0907. The van der Waals surface area contributed by atoms with Crippen LogP contribution in [0.4, 0.5) is 0 Å². The average Bonchev–Trinajstić information content (AvgIpc) is 2.30. The normalized spacial score (nSPS) is 10.9. The van der Waals surface area contributed by atoms with Gasteiger partial charge >= 0.3 is 0 Å². The van der Waals surface area contributed by atoms with E-state index in [-0.39, 0.29) is 6.61 Å². The summed E-state index contributed by atoms with van der Waals surface area (Å²) in [6, 6.07) is 4.46. The molecular formula is C15H25NO2. The zero-order valence-corrected chi connectivity index (χ0v) is 11.8. The lowest BCUT2D eigenvalue weighted by Crippen LogP contribution is -2.18. The van der Waals surface area contributed by atoms with Gasteiger partial charge in [-0.3, -0.25) is 0 Å². The molecule has 0 saturated heterocycles. The molecule has 0 aliphatic rings. The van der Waals surface area contributed by atoms with Crippen LogP contribution in [0.15, 0.2) is 12.1 Å². The first-order valence-electron chi connectivity index (χ1n) is 6.61. The summed E-state index contributed by atoms with van der Waals surface area (Å²) >= 11 is 0. The third-order valence-corrected chi connectivity index (χ3v) is 3.02. The van der Waals surface area contributed by atoms with Crippen molar-refractivity contribution in [1.82, 2.24) is 5.32 Å². The van der Waals surface area contributed by atoms with E-state index >= 15 is 0 Å². The van der Waals surface area contributed by atoms with Gasteiger partial charge in [-0.05, 0) is 50.4 Å². The van der Waals surface area contributed by atoms with Crippen molar-refractivity contribution in [3.63, 3.8) is 0 Å². The summed E-state index contributed by atoms with van der Waals surface area (Å²) in [5.41, 5.74) is 5.44. The molecule has 0 radical (unpaired) electrons. The summed E-state index contributed by atoms with van der Waals surface area (Å²) in [6.45, 7) is 9.58. The second kappa shape index (κ2) is 8.25. The molecule has 0 aliphatic carbocycles. The molecule has 102 valence electrons. The van der Waals surface area contributed by atoms with E-state index in [0.717, 1.165) is 19.5 Å². The van der Waals surface area contributed by atoms with Gasteiger partial charge in [0, 0.05) is 13.2 Å². The molecule has 18 heavy (non-hydrogen) atoms. The maximum absolute atomic E-state index is 8.56. The van der Waals surface area contributed by atoms with Crippen LogP contribution in [0.2, 0.25) is 0 Å². The third kappa shape index (κ3) is 5.17. The number of rotatable bonds is 8. The third-order valence-electron chi connectivity index (χ3n) is 3.02. The van der Waals surface area contributed by atoms with E-state index < -0.39 is 0 Å². The molecule has 0 atom stereocenters. The molecule has 1 aromatic rings. The fourth-order valence-electron chi connectivity index (χ4n) is 2.17. The monoisotopic (exact) mass is 251 g/mol. The highest BCUT2D eigenvalue weighted by atomic mass is 16.5. The van der Waals surface area contributed by atoms with Gasteiger partial charge in [-0.25, -0.2) is 0 Å². The quantitative estimate of drug-likeness (QED) is 0.695. The van der Waals surface area contributed by atoms with Crippen LogP contribution in [0.3, 0.4) is 0 Å². The van der Waals surface area contributed by atoms with Crippen molar-refractivity contribution >= 4 is 0 Å². The molecule has 2 N–H and O–H groups in total. The van der Waals surface area contributed by atoms with Crippen LogP contribution in [0, 0.1) is 20.8 Å². The Bertz CT molecular complexity index is 341. The van der Waals surface area contributed by atoms with Crippen LogP contribution in [0.1, 0.15) is 28.7 Å². The number of aryl methyl sites for hydroxylation is 3. The van der Waals surface area contributed by atoms with Gasteiger partial charge in [0.05, 0.1) is 13.2 Å². The summed E-state index contributed by atoms with van der Waals surface area (Å²) in [4.78, 5) is 0. The van der Waals surface area contributed by atoms with Crippen molar-refractivity contribution in [2.75, 3.05) is 26.4 Å². The summed E-state index contributed by atoms with van der Waals surface area (Å²) < 4.78 is 5.21. The molecule has 0 heterocycles. The molecule has 0 spiro atoms. The SMILES string of the molecule is Cc1cc(C)c(CNCCCOCCO)c(C)c1. The number of aliphatic hydroxyl groups excluding tert-OH is 1. The van der Waals surface area contributed by atoms with E-state index in [1.54, 1.807) is 0 Å². The minimum atomic E-state index is 0.106. The van der Waals surface area contributed by atoms with Crippen LogP contribution >= 0.6 is 0 Å². The lowest BCUT2D eigenvalue weighted by Gasteiger charge is -2.12. The number of hydrogen-bond acceptors (Lipinski definition) is 3. The highest BCUT2D eigenvalue weighted by Crippen LogP contribution is 2.15. The number of hydrogen-bond donors (Lipinski definition) is 2. The number of nitrogens with one attached hydrogen (secondary N) is 1. The van der Waals surface area contributed by atoms with Gasteiger partial charge < -0.3 is 15.2 Å². The molecular weight excluding hydrogens is 226 g/mol. The lowest BCUT2D eigenvalue weighted by atomic mass is 10.00. The van der Waals surface area contributed by atoms with E-state index in [9.17, 15) is 0 Å². The molecule has 3 nitrogen and oxygen atoms in total. The molecule has 0 aromatic heterocycles. The van der Waals surface area contributed by atoms with Gasteiger partial charge in [-0.15, -0.1) is 0 Å². The molecule has 0 bridgehead atoms. The predicted molar refractivity (Wildman–Crippen MR) is 74.9 cm³/mol. The molecule has 1 aromatic carbocycles. The Morgan fingerprint density at radius 3 is 2.39 bits per heavy atom. The number of benzene rings is 1. The molecule has 0 unspecified atom stereocenters. The van der Waals surface area contributed by atoms with Gasteiger partial charge in [0.2, 0.25) is 0 Å². The molecule has 3 heteroatoms. The Labute approximate surface area is 110 Å². The summed E-state index contributed by atoms with van der Waals surface area (Å²) in [6.07, 6.45) is 0.976. The Balaban J connectivity index is 2.27. The van der Waals surface area contributed by atoms with E-state index in [0.29, 0.717) is 13.2 Å². The summed E-state index contributed by atoms with van der Waals surface area (Å²) in [5.74, 6) is 0. The van der Waals surface area contributed by atoms with Gasteiger partial charge in [0.1, 0.15) is 0 Å². The van der Waals surface area contributed by atoms with Crippen molar-refractivity contribution in [2.24, 2.45) is 0 Å². The fourth-order valence-corrected chi connectivity index (χ4v) is 2.17. The van der Waals surface area contributed by atoms with E-state index in [1.165, 1.54) is 22.3 Å². The molecule has 0 amide bonds. The van der Waals surface area contributed by atoms with Crippen LogP contribution in [-0.2, 0) is 11.3 Å². The highest BCUT2D eigenvalue weighted by Gasteiger charge is 2.02. The zero-order chi connectivity index (χ0) is 13.4. The van der Waals surface area contributed by atoms with Gasteiger partial charge in [-0.1, -0.05) is 17.7 Å². The van der Waals surface area contributed by atoms with E-state index in [2.05, 4.69) is 38.2 Å². The van der Waals surface area contributed by atoms with Gasteiger partial charge in [0.15, 0.2) is 0 Å². The van der Waals surface area contributed by atoms with E-state index in [4.69, 9.17) is 9.84 Å². The maximum Gasteiger partial charge on any atom is 0.0697 e. The smallest absolute Gasteiger partial charge is 0.0697 e. The van der Waals surface area contributed by atoms with Crippen LogP contribution < -0.4 is 5.32 Å². The second-order valence-electron chi connectivity index (χ2n) is 4.74. The molecule has 0 aliphatic heterocycles. The number of ether oxygens (including phenoxy) is 1. The topological polar surface area (TPSA) is 41.5 Å². The van der Waals surface area contributed by atoms with Crippen LogP contribution in [0.5, 0.6) is 0 Å². The van der Waals surface area contributed by atoms with Crippen LogP contribution in [-0.4, -0.2) is 31.5 Å². The number of aliphatic hydroxyl groups is 1. The Kier molecular flexibility index (Phi) is 6.94. The minimum absolute atomic E-state index is 0.106. The summed E-state index contributed by atoms with van der Waals surface area (Å²) in [5, 5.41) is 12.0. The highest BCUT2D eigenvalue weighted by molar-refractivity contribution is 5.37. The largest absolute Gasteiger partial charge is 0.394 e.